The van der Waals surface area contributed by atoms with Gasteiger partial charge >= 0.3 is 0 Å². The van der Waals surface area contributed by atoms with Gasteiger partial charge in [0, 0.05) is 21.7 Å². The van der Waals surface area contributed by atoms with Crippen LogP contribution >= 0.6 is 23.2 Å². The Morgan fingerprint density at radius 2 is 1.81 bits per heavy atom. The largest absolute Gasteiger partial charge is 0.289 e. The third-order valence-corrected chi connectivity index (χ3v) is 3.02. The number of carbonyl (C=O) groups is 2. The highest BCUT2D eigenvalue weighted by Gasteiger charge is 2.24. The van der Waals surface area contributed by atoms with E-state index in [4.69, 9.17) is 23.2 Å². The summed E-state index contributed by atoms with van der Waals surface area (Å²) in [5.41, 5.74) is 1.54. The first-order valence-electron chi connectivity index (χ1n) is 4.52. The molecule has 0 saturated heterocycles. The lowest BCUT2D eigenvalue weighted by atomic mass is 10.0. The van der Waals surface area contributed by atoms with Crippen LogP contribution in [0.25, 0.3) is 5.57 Å². The van der Waals surface area contributed by atoms with Crippen molar-refractivity contribution in [3.05, 3.63) is 39.4 Å². The minimum absolute atomic E-state index is 0.247. The molecule has 1 aliphatic rings. The lowest BCUT2D eigenvalue weighted by Crippen LogP contribution is -2.21. The molecule has 2 amide bonds. The van der Waals surface area contributed by atoms with E-state index in [1.807, 2.05) is 6.92 Å². The van der Waals surface area contributed by atoms with Crippen molar-refractivity contribution in [2.24, 2.45) is 0 Å². The maximum Gasteiger partial charge on any atom is 0.258 e. The van der Waals surface area contributed by atoms with Gasteiger partial charge in [0.1, 0.15) is 0 Å². The first kappa shape index (κ1) is 11.2. The van der Waals surface area contributed by atoms with Crippen LogP contribution in [0.3, 0.4) is 0 Å². The summed E-state index contributed by atoms with van der Waals surface area (Å²) >= 11 is 11.9. The fourth-order valence-corrected chi connectivity index (χ4v) is 1.95. The molecule has 2 rings (SSSR count). The number of rotatable bonds is 1. The van der Waals surface area contributed by atoms with Crippen LogP contribution in [0.15, 0.2) is 18.2 Å². The number of nitrogens with one attached hydrogen (secondary N) is 1. The maximum absolute atomic E-state index is 11.4. The third kappa shape index (κ3) is 1.84. The van der Waals surface area contributed by atoms with Crippen LogP contribution < -0.4 is 5.32 Å². The van der Waals surface area contributed by atoms with E-state index in [-0.39, 0.29) is 5.57 Å². The van der Waals surface area contributed by atoms with Crippen molar-refractivity contribution in [3.63, 3.8) is 0 Å². The first-order chi connectivity index (χ1) is 7.49. The van der Waals surface area contributed by atoms with Gasteiger partial charge in [-0.1, -0.05) is 23.2 Å². The Bertz CT molecular complexity index is 535. The number of benzene rings is 1. The molecule has 0 aliphatic carbocycles. The highest BCUT2D eigenvalue weighted by atomic mass is 35.5. The van der Waals surface area contributed by atoms with Gasteiger partial charge in [-0.15, -0.1) is 0 Å². The highest BCUT2D eigenvalue weighted by Crippen LogP contribution is 2.31. The molecule has 1 heterocycles. The molecule has 0 bridgehead atoms. The molecule has 1 aliphatic heterocycles. The topological polar surface area (TPSA) is 46.2 Å². The highest BCUT2D eigenvalue weighted by molar-refractivity contribution is 6.40. The number of aryl methyl sites for hydroxylation is 1. The molecule has 0 fully saturated rings. The van der Waals surface area contributed by atoms with Crippen molar-refractivity contribution in [2.45, 2.75) is 6.92 Å². The van der Waals surface area contributed by atoms with Gasteiger partial charge in [0.15, 0.2) is 0 Å². The van der Waals surface area contributed by atoms with Crippen LogP contribution in [0, 0.1) is 6.92 Å². The molecular weight excluding hydrogens is 249 g/mol. The van der Waals surface area contributed by atoms with E-state index in [0.29, 0.717) is 15.6 Å². The van der Waals surface area contributed by atoms with Gasteiger partial charge in [-0.3, -0.25) is 14.9 Å². The summed E-state index contributed by atoms with van der Waals surface area (Å²) < 4.78 is 0. The molecule has 0 saturated carbocycles. The van der Waals surface area contributed by atoms with Gasteiger partial charge < -0.3 is 0 Å². The smallest absolute Gasteiger partial charge is 0.258 e. The summed E-state index contributed by atoms with van der Waals surface area (Å²) in [6.07, 6.45) is 1.22. The Balaban J connectivity index is 2.57. The Labute approximate surface area is 102 Å². The van der Waals surface area contributed by atoms with Gasteiger partial charge in [0.05, 0.1) is 5.57 Å². The molecule has 1 aromatic carbocycles. The summed E-state index contributed by atoms with van der Waals surface area (Å²) in [5.74, 6) is -0.889. The van der Waals surface area contributed by atoms with Crippen LogP contribution in [-0.2, 0) is 9.59 Å². The van der Waals surface area contributed by atoms with Crippen LogP contribution in [0.5, 0.6) is 0 Å². The Morgan fingerprint density at radius 3 is 2.38 bits per heavy atom. The quantitative estimate of drug-likeness (QED) is 0.784. The second kappa shape index (κ2) is 3.92. The second-order valence-electron chi connectivity index (χ2n) is 3.46. The average Bonchev–Trinajstić information content (AvgIpc) is 2.51. The summed E-state index contributed by atoms with van der Waals surface area (Å²) in [6, 6.07) is 3.25. The summed E-state index contributed by atoms with van der Waals surface area (Å²) in [6.45, 7) is 1.81. The van der Waals surface area contributed by atoms with Crippen molar-refractivity contribution in [1.29, 1.82) is 0 Å². The molecule has 0 atom stereocenters. The average molecular weight is 256 g/mol. The third-order valence-electron chi connectivity index (χ3n) is 2.30. The molecule has 1 aromatic rings. The van der Waals surface area contributed by atoms with Crippen molar-refractivity contribution >= 4 is 40.6 Å². The van der Waals surface area contributed by atoms with Gasteiger partial charge in [-0.05, 0) is 24.6 Å². The normalized spacial score (nSPS) is 15.1. The van der Waals surface area contributed by atoms with E-state index >= 15 is 0 Å². The Hall–Kier alpha value is -1.32. The Kier molecular flexibility index (Phi) is 2.74. The molecule has 0 radical (unpaired) electrons. The van der Waals surface area contributed by atoms with Crippen LogP contribution in [-0.4, -0.2) is 11.8 Å². The van der Waals surface area contributed by atoms with E-state index in [0.717, 1.165) is 5.56 Å². The van der Waals surface area contributed by atoms with E-state index < -0.39 is 11.8 Å². The lowest BCUT2D eigenvalue weighted by Gasteiger charge is -2.06. The maximum atomic E-state index is 11.4. The number of halogens is 2. The van der Waals surface area contributed by atoms with Crippen LogP contribution in [0.2, 0.25) is 10.0 Å². The molecule has 3 nitrogen and oxygen atoms in total. The predicted molar refractivity (Wildman–Crippen MR) is 62.3 cm³/mol. The lowest BCUT2D eigenvalue weighted by molar-refractivity contribution is -0.123. The number of imide groups is 1. The van der Waals surface area contributed by atoms with E-state index in [1.165, 1.54) is 6.08 Å². The van der Waals surface area contributed by atoms with Gasteiger partial charge in [-0.25, -0.2) is 0 Å². The molecule has 0 aromatic heterocycles. The van der Waals surface area contributed by atoms with Gasteiger partial charge in [0.2, 0.25) is 0 Å². The molecule has 16 heavy (non-hydrogen) atoms. The van der Waals surface area contributed by atoms with Crippen molar-refractivity contribution in [2.75, 3.05) is 0 Å². The first-order valence-corrected chi connectivity index (χ1v) is 5.27. The summed E-state index contributed by atoms with van der Waals surface area (Å²) in [4.78, 5) is 22.4. The molecule has 0 unspecified atom stereocenters. The SMILES string of the molecule is Cc1cc(Cl)c(C2=CC(=O)NC2=O)cc1Cl. The van der Waals surface area contributed by atoms with E-state index in [9.17, 15) is 9.59 Å². The molecular formula is C11H7Cl2NO2. The Morgan fingerprint density at radius 1 is 1.12 bits per heavy atom. The number of carbonyl (C=O) groups excluding carboxylic acids is 2. The monoisotopic (exact) mass is 255 g/mol. The number of hydrogen-bond acceptors (Lipinski definition) is 2. The minimum atomic E-state index is -0.452. The van der Waals surface area contributed by atoms with Crippen molar-refractivity contribution < 1.29 is 9.59 Å². The molecule has 82 valence electrons. The van der Waals surface area contributed by atoms with Gasteiger partial charge in [-0.2, -0.15) is 0 Å². The zero-order chi connectivity index (χ0) is 11.9. The fourth-order valence-electron chi connectivity index (χ4n) is 1.46. The predicted octanol–water partition coefficient (Wildman–Crippen LogP) is 2.34. The summed E-state index contributed by atoms with van der Waals surface area (Å²) in [7, 11) is 0. The van der Waals surface area contributed by atoms with Crippen LogP contribution in [0.1, 0.15) is 11.1 Å². The van der Waals surface area contributed by atoms with Crippen LogP contribution in [0.4, 0.5) is 0 Å². The number of amides is 2. The van der Waals surface area contributed by atoms with Gasteiger partial charge in [0.25, 0.3) is 11.8 Å². The summed E-state index contributed by atoms with van der Waals surface area (Å²) in [5, 5.41) is 3.06. The molecule has 0 spiro atoms. The van der Waals surface area contributed by atoms with Crippen molar-refractivity contribution in [1.82, 2.24) is 5.32 Å². The fraction of sp³-hybridized carbons (Fsp3) is 0.0909. The second-order valence-corrected chi connectivity index (χ2v) is 4.27. The molecule has 1 N–H and O–H groups in total. The van der Waals surface area contributed by atoms with E-state index in [1.54, 1.807) is 12.1 Å². The minimum Gasteiger partial charge on any atom is -0.289 e. The zero-order valence-corrected chi connectivity index (χ0v) is 9.82. The number of hydrogen-bond donors (Lipinski definition) is 1. The van der Waals surface area contributed by atoms with Crippen molar-refractivity contribution in [3.8, 4) is 0 Å². The molecule has 5 heteroatoms. The standard InChI is InChI=1S/C11H7Cl2NO2/c1-5-2-9(13)6(3-8(5)12)7-4-10(15)14-11(7)16/h2-4H,1H3,(H,14,15,16). The zero-order valence-electron chi connectivity index (χ0n) is 8.30. The van der Waals surface area contributed by atoms with E-state index in [2.05, 4.69) is 5.32 Å².